The van der Waals surface area contributed by atoms with E-state index in [0.29, 0.717) is 5.82 Å². The van der Waals surface area contributed by atoms with Crippen molar-refractivity contribution in [2.24, 2.45) is 5.84 Å². The number of nitrogens with two attached hydrogens (primary N) is 1. The van der Waals surface area contributed by atoms with Gasteiger partial charge in [0.15, 0.2) is 9.84 Å². The number of sulfone groups is 1. The molecule has 1 aliphatic heterocycles. The van der Waals surface area contributed by atoms with Crippen molar-refractivity contribution in [3.05, 3.63) is 22.8 Å². The van der Waals surface area contributed by atoms with Crippen LogP contribution in [0.5, 0.6) is 0 Å². The number of nitrogens with one attached hydrogen (secondary N) is 1. The van der Waals surface area contributed by atoms with Crippen molar-refractivity contribution in [3.63, 3.8) is 0 Å². The van der Waals surface area contributed by atoms with Crippen LogP contribution >= 0.6 is 11.6 Å². The Bertz CT molecular complexity index is 591. The van der Waals surface area contributed by atoms with Crippen molar-refractivity contribution in [1.82, 2.24) is 9.88 Å². The third-order valence-electron chi connectivity index (χ3n) is 2.83. The molecule has 1 aromatic rings. The van der Waals surface area contributed by atoms with Gasteiger partial charge in [-0.15, -0.1) is 0 Å². The molecule has 0 saturated carbocycles. The topological polar surface area (TPSA) is 105 Å². The highest BCUT2D eigenvalue weighted by molar-refractivity contribution is 7.91. The van der Waals surface area contributed by atoms with E-state index < -0.39 is 15.7 Å². The van der Waals surface area contributed by atoms with Crippen molar-refractivity contribution in [3.8, 4) is 0 Å². The van der Waals surface area contributed by atoms with Crippen molar-refractivity contribution >= 4 is 33.2 Å². The highest BCUT2D eigenvalue weighted by Crippen LogP contribution is 2.19. The molecule has 2 rings (SSSR count). The molecule has 1 aromatic heterocycles. The standard InChI is InChI=1S/C10H13ClN4O3S/c11-7-1-2-8(14-12)13-9(7)10(16)15-3-5-19(17,18)6-4-15/h1-2H,3-6,12H2,(H,13,14). The molecule has 104 valence electrons. The summed E-state index contributed by atoms with van der Waals surface area (Å²) in [6.07, 6.45) is 0. The van der Waals surface area contributed by atoms with Crippen LogP contribution in [0.15, 0.2) is 12.1 Å². The van der Waals surface area contributed by atoms with Gasteiger partial charge in [0.25, 0.3) is 5.91 Å². The van der Waals surface area contributed by atoms with Gasteiger partial charge in [-0.05, 0) is 12.1 Å². The molecule has 0 spiro atoms. The minimum Gasteiger partial charge on any atom is -0.335 e. The number of halogens is 1. The van der Waals surface area contributed by atoms with E-state index in [4.69, 9.17) is 17.4 Å². The van der Waals surface area contributed by atoms with Crippen molar-refractivity contribution in [1.29, 1.82) is 0 Å². The predicted molar refractivity (Wildman–Crippen MR) is 71.6 cm³/mol. The number of pyridine rings is 1. The zero-order valence-electron chi connectivity index (χ0n) is 9.97. The van der Waals surface area contributed by atoms with Gasteiger partial charge >= 0.3 is 0 Å². The largest absolute Gasteiger partial charge is 0.335 e. The Morgan fingerprint density at radius 3 is 2.58 bits per heavy atom. The Kier molecular flexibility index (Phi) is 3.93. The van der Waals surface area contributed by atoms with Gasteiger partial charge in [-0.1, -0.05) is 11.6 Å². The molecule has 0 aromatic carbocycles. The van der Waals surface area contributed by atoms with Gasteiger partial charge in [0, 0.05) is 13.1 Å². The first-order valence-electron chi connectivity index (χ1n) is 5.56. The van der Waals surface area contributed by atoms with Crippen LogP contribution in [0.25, 0.3) is 0 Å². The summed E-state index contributed by atoms with van der Waals surface area (Å²) < 4.78 is 22.6. The highest BCUT2D eigenvalue weighted by Gasteiger charge is 2.27. The molecular formula is C10H13ClN4O3S. The van der Waals surface area contributed by atoms with E-state index in [1.54, 1.807) is 6.07 Å². The fourth-order valence-electron chi connectivity index (χ4n) is 1.74. The maximum absolute atomic E-state index is 12.2. The summed E-state index contributed by atoms with van der Waals surface area (Å²) in [6, 6.07) is 3.05. The minimum absolute atomic E-state index is 0.0365. The van der Waals surface area contributed by atoms with Gasteiger partial charge in [-0.3, -0.25) is 4.79 Å². The summed E-state index contributed by atoms with van der Waals surface area (Å²) >= 11 is 5.93. The average Bonchev–Trinajstić information content (AvgIpc) is 2.38. The van der Waals surface area contributed by atoms with Crippen LogP contribution in [0.4, 0.5) is 5.82 Å². The van der Waals surface area contributed by atoms with E-state index in [2.05, 4.69) is 10.4 Å². The van der Waals surface area contributed by atoms with Crippen LogP contribution in [0, 0.1) is 0 Å². The Balaban J connectivity index is 2.20. The maximum atomic E-state index is 12.2. The second-order valence-electron chi connectivity index (χ2n) is 4.12. The van der Waals surface area contributed by atoms with Gasteiger partial charge in [0.05, 0.1) is 16.5 Å². The van der Waals surface area contributed by atoms with Gasteiger partial charge < -0.3 is 10.3 Å². The number of amides is 1. The number of hydrogen-bond donors (Lipinski definition) is 2. The third-order valence-corrected chi connectivity index (χ3v) is 4.74. The summed E-state index contributed by atoms with van der Waals surface area (Å²) in [5, 5.41) is 0.206. The number of rotatable bonds is 2. The number of hydrogen-bond acceptors (Lipinski definition) is 6. The van der Waals surface area contributed by atoms with Crippen LogP contribution in [-0.4, -0.2) is 48.8 Å². The molecular weight excluding hydrogens is 292 g/mol. The molecule has 0 aliphatic carbocycles. The van der Waals surface area contributed by atoms with Crippen LogP contribution in [0.1, 0.15) is 10.5 Å². The first-order valence-corrected chi connectivity index (χ1v) is 7.76. The Morgan fingerprint density at radius 2 is 2.00 bits per heavy atom. The quantitative estimate of drug-likeness (QED) is 0.583. The number of carbonyl (C=O) groups is 1. The van der Waals surface area contributed by atoms with Crippen LogP contribution in [-0.2, 0) is 9.84 Å². The fraction of sp³-hybridized carbons (Fsp3) is 0.400. The number of hydrazine groups is 1. The van der Waals surface area contributed by atoms with Gasteiger partial charge in [0.2, 0.25) is 0 Å². The van der Waals surface area contributed by atoms with E-state index in [-0.39, 0.29) is 35.3 Å². The van der Waals surface area contributed by atoms with E-state index in [1.165, 1.54) is 11.0 Å². The first-order chi connectivity index (χ1) is 8.93. The number of anilines is 1. The Labute approximate surface area is 115 Å². The predicted octanol–water partition coefficient (Wildman–Crippen LogP) is -0.109. The average molecular weight is 305 g/mol. The summed E-state index contributed by atoms with van der Waals surface area (Å²) in [4.78, 5) is 17.6. The van der Waals surface area contributed by atoms with Crippen molar-refractivity contribution < 1.29 is 13.2 Å². The zero-order chi connectivity index (χ0) is 14.0. The maximum Gasteiger partial charge on any atom is 0.274 e. The molecule has 1 aliphatic rings. The van der Waals surface area contributed by atoms with E-state index in [9.17, 15) is 13.2 Å². The van der Waals surface area contributed by atoms with Gasteiger partial charge in [-0.25, -0.2) is 19.2 Å². The Hall–Kier alpha value is -1.38. The first kappa shape index (κ1) is 14.0. The second-order valence-corrected chi connectivity index (χ2v) is 6.83. The summed E-state index contributed by atoms with van der Waals surface area (Å²) in [7, 11) is -3.03. The molecule has 0 unspecified atom stereocenters. The number of nitrogens with zero attached hydrogens (tertiary/aromatic N) is 2. The van der Waals surface area contributed by atoms with Crippen molar-refractivity contribution in [2.45, 2.75) is 0 Å². The SMILES string of the molecule is NNc1ccc(Cl)c(C(=O)N2CCS(=O)(=O)CC2)n1. The van der Waals surface area contributed by atoms with Crippen molar-refractivity contribution in [2.75, 3.05) is 30.0 Å². The van der Waals surface area contributed by atoms with Crippen LogP contribution in [0.2, 0.25) is 5.02 Å². The molecule has 19 heavy (non-hydrogen) atoms. The lowest BCUT2D eigenvalue weighted by Gasteiger charge is -2.26. The number of nitrogen functional groups attached to an aromatic ring is 1. The Morgan fingerprint density at radius 1 is 1.37 bits per heavy atom. The minimum atomic E-state index is -3.03. The van der Waals surface area contributed by atoms with Gasteiger partial charge in [0.1, 0.15) is 11.5 Å². The molecule has 1 saturated heterocycles. The smallest absolute Gasteiger partial charge is 0.274 e. The third kappa shape index (κ3) is 3.14. The summed E-state index contributed by atoms with van der Waals surface area (Å²) in [6.45, 7) is 0.304. The lowest BCUT2D eigenvalue weighted by atomic mass is 10.3. The monoisotopic (exact) mass is 304 g/mol. The van der Waals surface area contributed by atoms with Gasteiger partial charge in [-0.2, -0.15) is 0 Å². The molecule has 2 heterocycles. The summed E-state index contributed by atoms with van der Waals surface area (Å²) in [5.41, 5.74) is 2.40. The molecule has 0 radical (unpaired) electrons. The number of carbonyl (C=O) groups excluding carboxylic acids is 1. The molecule has 1 amide bonds. The normalized spacial score (nSPS) is 18.1. The highest BCUT2D eigenvalue weighted by atomic mass is 35.5. The van der Waals surface area contributed by atoms with Crippen LogP contribution in [0.3, 0.4) is 0 Å². The molecule has 0 atom stereocenters. The van der Waals surface area contributed by atoms with E-state index in [0.717, 1.165) is 0 Å². The molecule has 0 bridgehead atoms. The number of aromatic nitrogens is 1. The molecule has 1 fully saturated rings. The van der Waals surface area contributed by atoms with E-state index in [1.807, 2.05) is 0 Å². The molecule has 7 nitrogen and oxygen atoms in total. The summed E-state index contributed by atoms with van der Waals surface area (Å²) in [5.74, 6) is 5.08. The van der Waals surface area contributed by atoms with Crippen LogP contribution < -0.4 is 11.3 Å². The lowest BCUT2D eigenvalue weighted by molar-refractivity contribution is 0.0765. The molecule has 9 heteroatoms. The second kappa shape index (κ2) is 5.32. The molecule has 3 N–H and O–H groups in total. The zero-order valence-corrected chi connectivity index (χ0v) is 11.5. The lowest BCUT2D eigenvalue weighted by Crippen LogP contribution is -2.44. The fourth-order valence-corrected chi connectivity index (χ4v) is 3.13. The van der Waals surface area contributed by atoms with E-state index >= 15 is 0 Å².